The largest absolute Gasteiger partial charge is 0.370 e. The fourth-order valence-electron chi connectivity index (χ4n) is 1.26. The van der Waals surface area contributed by atoms with Crippen LogP contribution in [-0.4, -0.2) is 23.6 Å². The fourth-order valence-corrected chi connectivity index (χ4v) is 1.64. The summed E-state index contributed by atoms with van der Waals surface area (Å²) in [5.41, 5.74) is 6.56. The summed E-state index contributed by atoms with van der Waals surface area (Å²) in [6.07, 6.45) is 1.74. The van der Waals surface area contributed by atoms with Gasteiger partial charge in [-0.15, -0.1) is 0 Å². The van der Waals surface area contributed by atoms with Crippen molar-refractivity contribution in [3.63, 3.8) is 0 Å². The smallest absolute Gasteiger partial charge is 0.250 e. The van der Waals surface area contributed by atoms with E-state index >= 15 is 0 Å². The van der Waals surface area contributed by atoms with E-state index in [4.69, 9.17) is 5.73 Å². The molecule has 0 spiro atoms. The standard InChI is InChI=1S/C12H17BrN4O/c1-9(2)7-16-12(14)15-5-6-17-8-10(13)3-4-11(17)18/h3-4,8H,1,5-7H2,2H3,(H3,14,15,16). The molecule has 0 aliphatic heterocycles. The first-order valence-electron chi connectivity index (χ1n) is 5.53. The fraction of sp³-hybridized carbons (Fsp3) is 0.333. The van der Waals surface area contributed by atoms with Gasteiger partial charge in [0.1, 0.15) is 0 Å². The second-order valence-electron chi connectivity index (χ2n) is 3.96. The number of aliphatic imine (C=N–C) groups is 1. The van der Waals surface area contributed by atoms with Crippen LogP contribution < -0.4 is 16.6 Å². The van der Waals surface area contributed by atoms with Gasteiger partial charge in [0.05, 0.1) is 6.54 Å². The lowest BCUT2D eigenvalue weighted by Crippen LogP contribution is -2.35. The van der Waals surface area contributed by atoms with Crippen molar-refractivity contribution in [3.8, 4) is 0 Å². The minimum absolute atomic E-state index is 0.0440. The van der Waals surface area contributed by atoms with E-state index in [0.717, 1.165) is 10.0 Å². The van der Waals surface area contributed by atoms with Crippen LogP contribution in [0.5, 0.6) is 0 Å². The molecule has 0 aliphatic rings. The summed E-state index contributed by atoms with van der Waals surface area (Å²) < 4.78 is 2.47. The Balaban J connectivity index is 2.46. The molecule has 0 aliphatic carbocycles. The van der Waals surface area contributed by atoms with Crippen LogP contribution in [-0.2, 0) is 6.54 Å². The third-order valence-electron chi connectivity index (χ3n) is 2.13. The number of hydrogen-bond acceptors (Lipinski definition) is 2. The topological polar surface area (TPSA) is 72.4 Å². The molecule has 0 atom stereocenters. The molecule has 18 heavy (non-hydrogen) atoms. The van der Waals surface area contributed by atoms with Crippen molar-refractivity contribution < 1.29 is 0 Å². The Morgan fingerprint density at radius 2 is 2.33 bits per heavy atom. The van der Waals surface area contributed by atoms with Crippen molar-refractivity contribution in [1.82, 2.24) is 9.88 Å². The number of pyridine rings is 1. The molecule has 0 unspecified atom stereocenters. The van der Waals surface area contributed by atoms with Gasteiger partial charge in [0, 0.05) is 29.8 Å². The van der Waals surface area contributed by atoms with Crippen LogP contribution in [0, 0.1) is 0 Å². The zero-order valence-electron chi connectivity index (χ0n) is 10.3. The van der Waals surface area contributed by atoms with Crippen LogP contribution in [0.1, 0.15) is 6.92 Å². The van der Waals surface area contributed by atoms with Gasteiger partial charge in [-0.1, -0.05) is 12.2 Å². The number of guanidine groups is 1. The van der Waals surface area contributed by atoms with Crippen molar-refractivity contribution in [2.24, 2.45) is 10.7 Å². The predicted molar refractivity (Wildman–Crippen MR) is 77.7 cm³/mol. The molecule has 1 rings (SSSR count). The Morgan fingerprint density at radius 3 is 3.00 bits per heavy atom. The predicted octanol–water partition coefficient (Wildman–Crippen LogP) is 1.09. The van der Waals surface area contributed by atoms with Crippen molar-refractivity contribution in [1.29, 1.82) is 0 Å². The highest BCUT2D eigenvalue weighted by atomic mass is 79.9. The van der Waals surface area contributed by atoms with E-state index in [-0.39, 0.29) is 5.56 Å². The average Bonchev–Trinajstić information content (AvgIpc) is 2.31. The highest BCUT2D eigenvalue weighted by molar-refractivity contribution is 9.10. The first kappa shape index (κ1) is 14.5. The third-order valence-corrected chi connectivity index (χ3v) is 2.59. The Labute approximate surface area is 115 Å². The molecule has 0 fully saturated rings. The zero-order valence-corrected chi connectivity index (χ0v) is 11.9. The van der Waals surface area contributed by atoms with E-state index in [1.54, 1.807) is 16.8 Å². The molecular formula is C12H17BrN4O. The van der Waals surface area contributed by atoms with Crippen LogP contribution >= 0.6 is 15.9 Å². The van der Waals surface area contributed by atoms with Crippen LogP contribution in [0.3, 0.4) is 0 Å². The quantitative estimate of drug-likeness (QED) is 0.486. The maximum atomic E-state index is 11.5. The van der Waals surface area contributed by atoms with Gasteiger partial charge < -0.3 is 15.6 Å². The molecule has 0 saturated heterocycles. The summed E-state index contributed by atoms with van der Waals surface area (Å²) in [5, 5.41) is 2.94. The summed E-state index contributed by atoms with van der Waals surface area (Å²) in [7, 11) is 0. The third kappa shape index (κ3) is 5.18. The van der Waals surface area contributed by atoms with Crippen molar-refractivity contribution in [3.05, 3.63) is 45.3 Å². The van der Waals surface area contributed by atoms with Gasteiger partial charge in [0.15, 0.2) is 5.96 Å². The molecule has 1 aromatic rings. The van der Waals surface area contributed by atoms with Crippen molar-refractivity contribution >= 4 is 21.9 Å². The Kier molecular flexibility index (Phi) is 5.64. The summed E-state index contributed by atoms with van der Waals surface area (Å²) in [4.78, 5) is 15.6. The second-order valence-corrected chi connectivity index (χ2v) is 4.88. The summed E-state index contributed by atoms with van der Waals surface area (Å²) in [5.74, 6) is 0.362. The summed E-state index contributed by atoms with van der Waals surface area (Å²) in [6, 6.07) is 3.23. The Bertz CT molecular complexity index is 507. The van der Waals surface area contributed by atoms with Crippen LogP contribution in [0.4, 0.5) is 0 Å². The normalized spacial score (nSPS) is 11.3. The van der Waals surface area contributed by atoms with E-state index in [1.165, 1.54) is 6.07 Å². The molecule has 5 nitrogen and oxygen atoms in total. The highest BCUT2D eigenvalue weighted by Crippen LogP contribution is 2.04. The van der Waals surface area contributed by atoms with E-state index < -0.39 is 0 Å². The minimum atomic E-state index is -0.0440. The average molecular weight is 313 g/mol. The molecule has 6 heteroatoms. The molecular weight excluding hydrogens is 296 g/mol. The number of rotatable bonds is 5. The van der Waals surface area contributed by atoms with Gasteiger partial charge >= 0.3 is 0 Å². The first-order valence-corrected chi connectivity index (χ1v) is 6.32. The summed E-state index contributed by atoms with van der Waals surface area (Å²) >= 11 is 3.32. The number of nitrogens with two attached hydrogens (primary N) is 1. The molecule has 0 bridgehead atoms. The van der Waals surface area contributed by atoms with Gasteiger partial charge in [-0.2, -0.15) is 0 Å². The summed E-state index contributed by atoms with van der Waals surface area (Å²) in [6.45, 7) is 7.20. The number of nitrogens with zero attached hydrogens (tertiary/aromatic N) is 2. The lowest BCUT2D eigenvalue weighted by atomic mass is 10.4. The van der Waals surface area contributed by atoms with Crippen LogP contribution in [0.2, 0.25) is 0 Å². The maximum Gasteiger partial charge on any atom is 0.250 e. The zero-order chi connectivity index (χ0) is 13.5. The van der Waals surface area contributed by atoms with E-state index in [1.807, 2.05) is 6.92 Å². The minimum Gasteiger partial charge on any atom is -0.370 e. The van der Waals surface area contributed by atoms with E-state index in [2.05, 4.69) is 32.8 Å². The lowest BCUT2D eigenvalue weighted by molar-refractivity contribution is 0.647. The highest BCUT2D eigenvalue weighted by Gasteiger charge is 1.97. The lowest BCUT2D eigenvalue weighted by Gasteiger charge is -2.08. The molecule has 0 saturated carbocycles. The number of hydrogen-bond donors (Lipinski definition) is 2. The number of aromatic nitrogens is 1. The SMILES string of the molecule is C=C(C)CN=C(N)NCCn1cc(Br)ccc1=O. The van der Waals surface area contributed by atoms with Crippen molar-refractivity contribution in [2.45, 2.75) is 13.5 Å². The first-order chi connectivity index (χ1) is 8.49. The molecule has 1 heterocycles. The van der Waals surface area contributed by atoms with Gasteiger partial charge in [0.2, 0.25) is 0 Å². The monoisotopic (exact) mass is 312 g/mol. The maximum absolute atomic E-state index is 11.5. The molecule has 0 radical (unpaired) electrons. The molecule has 1 aromatic heterocycles. The Morgan fingerprint density at radius 1 is 1.61 bits per heavy atom. The van der Waals surface area contributed by atoms with Gasteiger partial charge in [-0.25, -0.2) is 4.99 Å². The molecule has 3 N–H and O–H groups in total. The van der Waals surface area contributed by atoms with Gasteiger partial charge in [0.25, 0.3) is 5.56 Å². The molecule has 0 aromatic carbocycles. The number of halogens is 1. The second kappa shape index (κ2) is 7.00. The van der Waals surface area contributed by atoms with Crippen molar-refractivity contribution in [2.75, 3.05) is 13.1 Å². The molecule has 0 amide bonds. The Hall–Kier alpha value is -1.56. The van der Waals surface area contributed by atoms with E-state index in [0.29, 0.717) is 25.6 Å². The van der Waals surface area contributed by atoms with Gasteiger partial charge in [-0.3, -0.25) is 4.79 Å². The van der Waals surface area contributed by atoms with Crippen LogP contribution in [0.15, 0.2) is 44.7 Å². The van der Waals surface area contributed by atoms with E-state index in [9.17, 15) is 4.79 Å². The van der Waals surface area contributed by atoms with Crippen LogP contribution in [0.25, 0.3) is 0 Å². The molecule has 98 valence electrons. The van der Waals surface area contributed by atoms with Gasteiger partial charge in [-0.05, 0) is 28.9 Å². The number of nitrogens with one attached hydrogen (secondary N) is 1.